The van der Waals surface area contributed by atoms with Crippen molar-refractivity contribution in [2.45, 2.75) is 102 Å². The highest BCUT2D eigenvalue weighted by Gasteiger charge is 2.49. The number of carbonyl (C=O) groups is 1. The van der Waals surface area contributed by atoms with Crippen LogP contribution in [0.15, 0.2) is 17.1 Å². The molecule has 51 heavy (non-hydrogen) atoms. The van der Waals surface area contributed by atoms with Gasteiger partial charge in [-0.05, 0) is 68.2 Å². The standard InChI is InChI=1S/C37H45FN10O3/c1-22-7-9-36(32-26(17-39)28(40)13-23(2)31(22)32)16-30-27(20-51-36)33(46-10-6-12-48-25(19-46)14-29(44-48)34(49)45(3)4)43-35(42-30)50-21-41-37-8-5-11-47(37)18-24(38)15-37/h13-14,21-22,24H,5-12,15-16,18-20,40H2,1-4H3/t22-,24+,36-,37?/m0/s1. The summed E-state index contributed by atoms with van der Waals surface area (Å²) >= 11 is 0. The monoisotopic (exact) mass is 696 g/mol. The van der Waals surface area contributed by atoms with E-state index in [9.17, 15) is 14.4 Å². The maximum absolute atomic E-state index is 14.5. The lowest BCUT2D eigenvalue weighted by molar-refractivity contribution is -0.0873. The van der Waals surface area contributed by atoms with Crippen molar-refractivity contribution in [3.63, 3.8) is 0 Å². The summed E-state index contributed by atoms with van der Waals surface area (Å²) in [5.41, 5.74) is 12.0. The number of aliphatic imine (C=N–C) groups is 1. The molecule has 4 aliphatic heterocycles. The number of nitriles is 1. The van der Waals surface area contributed by atoms with E-state index in [1.165, 1.54) is 11.3 Å². The molecule has 0 saturated carbocycles. The van der Waals surface area contributed by atoms with Gasteiger partial charge in [0.2, 0.25) is 0 Å². The molecule has 268 valence electrons. The van der Waals surface area contributed by atoms with E-state index in [0.717, 1.165) is 65.9 Å². The van der Waals surface area contributed by atoms with Crippen molar-refractivity contribution in [1.29, 1.82) is 5.26 Å². The summed E-state index contributed by atoms with van der Waals surface area (Å²) < 4.78 is 29.4. The van der Waals surface area contributed by atoms with Gasteiger partial charge in [-0.25, -0.2) is 9.38 Å². The van der Waals surface area contributed by atoms with Crippen LogP contribution in [0, 0.1) is 18.3 Å². The second kappa shape index (κ2) is 12.6. The van der Waals surface area contributed by atoms with Gasteiger partial charge in [-0.2, -0.15) is 20.3 Å². The zero-order valence-electron chi connectivity index (χ0n) is 29.8. The number of nitrogen functional groups attached to an aromatic ring is 1. The van der Waals surface area contributed by atoms with Gasteiger partial charge in [-0.1, -0.05) is 6.92 Å². The maximum Gasteiger partial charge on any atom is 0.325 e. The fourth-order valence-electron chi connectivity index (χ4n) is 9.18. The number of ether oxygens (including phenoxy) is 2. The lowest BCUT2D eigenvalue weighted by Crippen LogP contribution is -2.42. The van der Waals surface area contributed by atoms with E-state index in [-0.39, 0.29) is 24.4 Å². The van der Waals surface area contributed by atoms with Crippen LogP contribution < -0.4 is 15.4 Å². The molecule has 2 saturated heterocycles. The van der Waals surface area contributed by atoms with Crippen LogP contribution in [0.25, 0.3) is 0 Å². The smallest absolute Gasteiger partial charge is 0.325 e. The van der Waals surface area contributed by atoms with E-state index in [2.05, 4.69) is 34.8 Å². The molecule has 6 heterocycles. The zero-order valence-corrected chi connectivity index (χ0v) is 29.8. The number of anilines is 2. The first-order chi connectivity index (χ1) is 24.5. The minimum Gasteiger partial charge on any atom is -0.412 e. The Morgan fingerprint density at radius 1 is 1.24 bits per heavy atom. The molecular formula is C37H45FN10O3. The van der Waals surface area contributed by atoms with E-state index in [1.807, 2.05) is 16.8 Å². The molecule has 2 fully saturated rings. The summed E-state index contributed by atoms with van der Waals surface area (Å²) in [6.45, 7) is 7.52. The van der Waals surface area contributed by atoms with Crippen molar-refractivity contribution in [3.8, 4) is 12.1 Å². The molecule has 4 atom stereocenters. The fraction of sp³-hybridized carbons (Fsp3) is 0.568. The van der Waals surface area contributed by atoms with Crippen molar-refractivity contribution >= 4 is 23.8 Å². The summed E-state index contributed by atoms with van der Waals surface area (Å²) in [7, 11) is 3.44. The number of nitrogens with two attached hydrogens (primary N) is 1. The third-order valence-corrected chi connectivity index (χ3v) is 11.6. The molecule has 1 amide bonds. The van der Waals surface area contributed by atoms with Crippen molar-refractivity contribution in [3.05, 3.63) is 57.0 Å². The lowest BCUT2D eigenvalue weighted by Gasteiger charge is -2.45. The zero-order chi connectivity index (χ0) is 35.7. The number of benzene rings is 1. The van der Waals surface area contributed by atoms with Crippen molar-refractivity contribution < 1.29 is 18.7 Å². The van der Waals surface area contributed by atoms with Gasteiger partial charge >= 0.3 is 6.01 Å². The van der Waals surface area contributed by atoms with Gasteiger partial charge in [0.1, 0.15) is 29.3 Å². The molecule has 0 radical (unpaired) electrons. The Balaban J connectivity index is 1.19. The summed E-state index contributed by atoms with van der Waals surface area (Å²) in [4.78, 5) is 33.3. The highest BCUT2D eigenvalue weighted by atomic mass is 19.1. The Kier molecular flexibility index (Phi) is 8.26. The predicted molar refractivity (Wildman–Crippen MR) is 188 cm³/mol. The maximum atomic E-state index is 14.5. The molecule has 1 unspecified atom stereocenters. The van der Waals surface area contributed by atoms with Crippen LogP contribution in [-0.4, -0.2) is 87.4 Å². The van der Waals surface area contributed by atoms with Crippen molar-refractivity contribution in [2.24, 2.45) is 4.99 Å². The number of carbonyl (C=O) groups excluding carboxylic acids is 1. The van der Waals surface area contributed by atoms with Crippen molar-refractivity contribution in [1.82, 2.24) is 29.5 Å². The highest BCUT2D eigenvalue weighted by molar-refractivity contribution is 5.92. The number of halogens is 1. The molecular weight excluding hydrogens is 651 g/mol. The molecule has 1 aromatic carbocycles. The first kappa shape index (κ1) is 33.5. The summed E-state index contributed by atoms with van der Waals surface area (Å²) in [6, 6.07) is 6.30. The molecule has 3 aromatic rings. The summed E-state index contributed by atoms with van der Waals surface area (Å²) in [6.07, 6.45) is 5.38. The van der Waals surface area contributed by atoms with Gasteiger partial charge in [0.25, 0.3) is 5.91 Å². The van der Waals surface area contributed by atoms with Crippen LogP contribution in [0.3, 0.4) is 0 Å². The van der Waals surface area contributed by atoms with Gasteiger partial charge < -0.3 is 25.0 Å². The molecule has 13 nitrogen and oxygen atoms in total. The average Bonchev–Trinajstić information content (AvgIpc) is 3.72. The van der Waals surface area contributed by atoms with Crippen LogP contribution in [0.2, 0.25) is 0 Å². The quantitative estimate of drug-likeness (QED) is 0.232. The Labute approximate surface area is 297 Å². The molecule has 1 aliphatic carbocycles. The van der Waals surface area contributed by atoms with E-state index < -0.39 is 17.4 Å². The lowest BCUT2D eigenvalue weighted by atomic mass is 9.68. The Bertz CT molecular complexity index is 1970. The number of nitrogens with zero attached hydrogens (tertiary/aromatic N) is 9. The van der Waals surface area contributed by atoms with Crippen molar-refractivity contribution in [2.75, 3.05) is 44.4 Å². The van der Waals surface area contributed by atoms with Gasteiger partial charge in [0, 0.05) is 64.2 Å². The molecule has 5 aliphatic rings. The third kappa shape index (κ3) is 5.61. The van der Waals surface area contributed by atoms with Gasteiger partial charge in [0.05, 0.1) is 35.8 Å². The number of aromatic nitrogens is 4. The van der Waals surface area contributed by atoms with Crippen LogP contribution in [0.4, 0.5) is 15.9 Å². The SMILES string of the molecule is Cc1cc(N)c(C#N)c2c1[C@@H](C)CC[C@]21Cc2nc(OC=NC34CCCN3C[C@H](F)C4)nc(N3CCCn4nc(C(=O)N(C)C)cc4C3)c2CO1. The average molecular weight is 697 g/mol. The minimum atomic E-state index is -0.910. The normalized spacial score (nSPS) is 27.1. The van der Waals surface area contributed by atoms with Crippen LogP contribution in [-0.2, 0) is 36.5 Å². The summed E-state index contributed by atoms with van der Waals surface area (Å²) in [5.74, 6) is 0.790. The number of aryl methyl sites for hydroxylation is 2. The molecule has 0 bridgehead atoms. The number of rotatable bonds is 5. The fourth-order valence-corrected chi connectivity index (χ4v) is 9.18. The van der Waals surface area contributed by atoms with Crippen LogP contribution in [0.1, 0.15) is 101 Å². The van der Waals surface area contributed by atoms with Crippen LogP contribution in [0.5, 0.6) is 6.01 Å². The molecule has 2 aromatic heterocycles. The molecule has 14 heteroatoms. The first-order valence-electron chi connectivity index (χ1n) is 18.0. The number of hydrogen-bond acceptors (Lipinski definition) is 11. The number of hydrogen-bond donors (Lipinski definition) is 1. The number of fused-ring (bicyclic) bond motifs is 5. The first-order valence-corrected chi connectivity index (χ1v) is 18.0. The van der Waals surface area contributed by atoms with E-state index in [0.29, 0.717) is 68.2 Å². The van der Waals surface area contributed by atoms with Gasteiger partial charge in [-0.15, -0.1) is 0 Å². The topological polar surface area (TPSA) is 151 Å². The highest BCUT2D eigenvalue weighted by Crippen LogP contribution is 2.52. The Morgan fingerprint density at radius 3 is 2.88 bits per heavy atom. The van der Waals surface area contributed by atoms with Crippen LogP contribution >= 0.6 is 0 Å². The minimum absolute atomic E-state index is 0.147. The van der Waals surface area contributed by atoms with Gasteiger partial charge in [-0.3, -0.25) is 14.4 Å². The third-order valence-electron chi connectivity index (χ3n) is 11.6. The Hall–Kier alpha value is -4.61. The van der Waals surface area contributed by atoms with Gasteiger partial charge in [0.15, 0.2) is 12.1 Å². The molecule has 8 rings (SSSR count). The molecule has 2 N–H and O–H groups in total. The molecule has 1 spiro atoms. The Morgan fingerprint density at radius 2 is 2.08 bits per heavy atom. The van der Waals surface area contributed by atoms with E-state index in [4.69, 9.17) is 30.2 Å². The largest absolute Gasteiger partial charge is 0.412 e. The summed E-state index contributed by atoms with van der Waals surface area (Å²) in [5, 5.41) is 15.0. The van der Waals surface area contributed by atoms with E-state index in [1.54, 1.807) is 14.1 Å². The van der Waals surface area contributed by atoms with E-state index >= 15 is 0 Å². The number of amides is 1. The number of alkyl halides is 1. The predicted octanol–water partition coefficient (Wildman–Crippen LogP) is 4.35. The second-order valence-corrected chi connectivity index (χ2v) is 15.1. The second-order valence-electron chi connectivity index (χ2n) is 15.1.